The predicted molar refractivity (Wildman–Crippen MR) is 95.7 cm³/mol. The molecule has 0 bridgehead atoms. The Balaban J connectivity index is 2.46. The molecule has 1 aromatic carbocycles. The quantitative estimate of drug-likeness (QED) is 0.323. The van der Waals surface area contributed by atoms with Gasteiger partial charge in [-0.2, -0.15) is 0 Å². The minimum Gasteiger partial charge on any atom is -0.445 e. The number of ketones is 1. The Morgan fingerprint density at radius 1 is 1.20 bits per heavy atom. The van der Waals surface area contributed by atoms with Crippen molar-refractivity contribution in [2.45, 2.75) is 52.2 Å². The van der Waals surface area contributed by atoms with Gasteiger partial charge in [0.05, 0.1) is 0 Å². The average molecular weight is 343 g/mol. The van der Waals surface area contributed by atoms with Crippen LogP contribution in [-0.4, -0.2) is 24.2 Å². The third kappa shape index (κ3) is 8.71. The van der Waals surface area contributed by atoms with E-state index in [2.05, 4.69) is 17.2 Å². The molecule has 0 unspecified atom stereocenters. The Kier molecular flexibility index (Phi) is 9.69. The maximum Gasteiger partial charge on any atom is 0.408 e. The number of hydrogen-bond donors (Lipinski definition) is 1. The minimum absolute atomic E-state index is 0.0962. The fraction of sp³-hybridized carbons (Fsp3) is 0.450. The number of carbonyl (C=O) groups is 3. The van der Waals surface area contributed by atoms with Gasteiger partial charge in [0.25, 0.3) is 0 Å². The van der Waals surface area contributed by atoms with Gasteiger partial charge in [-0.05, 0) is 30.2 Å². The molecule has 0 saturated heterocycles. The molecule has 0 fully saturated rings. The van der Waals surface area contributed by atoms with E-state index in [1.54, 1.807) is 0 Å². The van der Waals surface area contributed by atoms with Crippen LogP contribution in [0.3, 0.4) is 0 Å². The van der Waals surface area contributed by atoms with Gasteiger partial charge in [0.2, 0.25) is 5.78 Å². The molecule has 1 amide bonds. The van der Waals surface area contributed by atoms with Crippen molar-refractivity contribution < 1.29 is 19.1 Å². The minimum atomic E-state index is -0.703. The third-order valence-electron chi connectivity index (χ3n) is 3.52. The number of alkyl carbamates (subject to hydrolysis) is 1. The monoisotopic (exact) mass is 343 g/mol. The summed E-state index contributed by atoms with van der Waals surface area (Å²) in [7, 11) is 0. The van der Waals surface area contributed by atoms with Crippen molar-refractivity contribution in [1.29, 1.82) is 0 Å². The Morgan fingerprint density at radius 2 is 1.92 bits per heavy atom. The van der Waals surface area contributed by atoms with E-state index in [0.29, 0.717) is 12.8 Å². The Labute approximate surface area is 149 Å². The zero-order chi connectivity index (χ0) is 18.5. The lowest BCUT2D eigenvalue weighted by Crippen LogP contribution is -2.44. The summed E-state index contributed by atoms with van der Waals surface area (Å²) in [6, 6.07) is 8.62. The zero-order valence-electron chi connectivity index (χ0n) is 14.8. The maximum atomic E-state index is 12.2. The largest absolute Gasteiger partial charge is 0.445 e. The summed E-state index contributed by atoms with van der Waals surface area (Å²) < 4.78 is 5.15. The summed E-state index contributed by atoms with van der Waals surface area (Å²) in [5.74, 6) is 4.95. The van der Waals surface area contributed by atoms with Crippen LogP contribution in [0.2, 0.25) is 0 Å². The molecule has 5 heteroatoms. The van der Waals surface area contributed by atoms with Gasteiger partial charge in [-0.15, -0.1) is 0 Å². The Hall–Kier alpha value is -2.61. The first-order chi connectivity index (χ1) is 12.0. The molecule has 0 spiro atoms. The fourth-order valence-electron chi connectivity index (χ4n) is 2.10. The van der Waals surface area contributed by atoms with Crippen molar-refractivity contribution in [1.82, 2.24) is 5.32 Å². The van der Waals surface area contributed by atoms with Crippen molar-refractivity contribution in [3.05, 3.63) is 35.9 Å². The number of hydrogen-bond acceptors (Lipinski definition) is 4. The molecule has 0 aliphatic rings. The SMILES string of the molecule is CC(C)[C@H](NC(=O)OCc1ccccc1)C(=O)C#CCCCCC=O. The molecular formula is C20H25NO4. The van der Waals surface area contributed by atoms with Crippen LogP contribution in [0.25, 0.3) is 0 Å². The van der Waals surface area contributed by atoms with Gasteiger partial charge in [-0.1, -0.05) is 50.1 Å². The number of nitrogens with one attached hydrogen (secondary N) is 1. The first-order valence-electron chi connectivity index (χ1n) is 8.48. The predicted octanol–water partition coefficient (Wildman–Crippen LogP) is 3.27. The third-order valence-corrected chi connectivity index (χ3v) is 3.52. The summed E-state index contributed by atoms with van der Waals surface area (Å²) in [6.45, 7) is 3.83. The standard InChI is InChI=1S/C20H25NO4/c1-16(2)19(18(23)13-9-4-3-5-10-14-22)21-20(24)25-15-17-11-7-6-8-12-17/h6-8,11-12,14,16,19H,3-5,10,15H2,1-2H3,(H,21,24)/t19-/m0/s1. The number of amides is 1. The number of unbranched alkanes of at least 4 members (excludes halogenated alkanes) is 3. The highest BCUT2D eigenvalue weighted by atomic mass is 16.5. The lowest BCUT2D eigenvalue weighted by Gasteiger charge is -2.18. The second-order valence-corrected chi connectivity index (χ2v) is 6.01. The van der Waals surface area contributed by atoms with Crippen LogP contribution in [0.5, 0.6) is 0 Å². The Bertz CT molecular complexity index is 614. The molecule has 0 aliphatic carbocycles. The molecule has 134 valence electrons. The number of rotatable bonds is 9. The molecule has 1 N–H and O–H groups in total. The van der Waals surface area contributed by atoms with Gasteiger partial charge in [0.15, 0.2) is 0 Å². The number of carbonyl (C=O) groups excluding carboxylic acids is 3. The normalized spacial score (nSPS) is 11.2. The van der Waals surface area contributed by atoms with Crippen LogP contribution in [0.4, 0.5) is 4.79 Å². The summed E-state index contributed by atoms with van der Waals surface area (Å²) in [6.07, 6.45) is 2.85. The van der Waals surface area contributed by atoms with Crippen molar-refractivity contribution in [3.8, 4) is 11.8 Å². The highest BCUT2D eigenvalue weighted by Crippen LogP contribution is 2.05. The van der Waals surface area contributed by atoms with Crippen LogP contribution < -0.4 is 5.32 Å². The number of aldehydes is 1. The lowest BCUT2D eigenvalue weighted by atomic mass is 10.00. The molecule has 1 aromatic rings. The van der Waals surface area contributed by atoms with Gasteiger partial charge >= 0.3 is 6.09 Å². The van der Waals surface area contributed by atoms with E-state index in [1.165, 1.54) is 0 Å². The molecule has 0 aliphatic heterocycles. The highest BCUT2D eigenvalue weighted by molar-refractivity contribution is 6.01. The summed E-state index contributed by atoms with van der Waals surface area (Å²) in [4.78, 5) is 34.3. The van der Waals surface area contributed by atoms with Crippen molar-refractivity contribution >= 4 is 18.2 Å². The van der Waals surface area contributed by atoms with Gasteiger partial charge in [-0.25, -0.2) is 4.79 Å². The van der Waals surface area contributed by atoms with Crippen molar-refractivity contribution in [3.63, 3.8) is 0 Å². The van der Waals surface area contributed by atoms with Crippen molar-refractivity contribution in [2.24, 2.45) is 5.92 Å². The summed E-state index contributed by atoms with van der Waals surface area (Å²) in [5, 5.41) is 2.59. The topological polar surface area (TPSA) is 72.5 Å². The molecular weight excluding hydrogens is 318 g/mol. The second-order valence-electron chi connectivity index (χ2n) is 6.01. The molecule has 0 heterocycles. The lowest BCUT2D eigenvalue weighted by molar-refractivity contribution is -0.116. The molecule has 1 atom stereocenters. The number of ether oxygens (including phenoxy) is 1. The number of benzene rings is 1. The summed E-state index contributed by atoms with van der Waals surface area (Å²) in [5.41, 5.74) is 0.875. The maximum absolute atomic E-state index is 12.2. The molecule has 0 aromatic heterocycles. The van der Waals surface area contributed by atoms with Crippen molar-refractivity contribution in [2.75, 3.05) is 0 Å². The molecule has 5 nitrogen and oxygen atoms in total. The van der Waals surface area contributed by atoms with Gasteiger partial charge in [0, 0.05) is 12.8 Å². The van der Waals surface area contributed by atoms with E-state index in [1.807, 2.05) is 44.2 Å². The van der Waals surface area contributed by atoms with Gasteiger partial charge in [-0.3, -0.25) is 4.79 Å². The molecule has 1 rings (SSSR count). The van der Waals surface area contributed by atoms with E-state index in [0.717, 1.165) is 24.7 Å². The van der Waals surface area contributed by atoms with Crippen LogP contribution in [0.15, 0.2) is 30.3 Å². The fourth-order valence-corrected chi connectivity index (χ4v) is 2.10. The van der Waals surface area contributed by atoms with Crippen LogP contribution in [0.1, 0.15) is 45.1 Å². The Morgan fingerprint density at radius 3 is 2.56 bits per heavy atom. The smallest absolute Gasteiger partial charge is 0.408 e. The zero-order valence-corrected chi connectivity index (χ0v) is 14.8. The average Bonchev–Trinajstić information content (AvgIpc) is 2.61. The van der Waals surface area contributed by atoms with Crippen LogP contribution in [0, 0.1) is 17.8 Å². The first kappa shape index (κ1) is 20.4. The van der Waals surface area contributed by atoms with Crippen LogP contribution >= 0.6 is 0 Å². The van der Waals surface area contributed by atoms with Gasteiger partial charge in [0.1, 0.15) is 18.9 Å². The molecule has 0 saturated carbocycles. The highest BCUT2D eigenvalue weighted by Gasteiger charge is 2.23. The van der Waals surface area contributed by atoms with E-state index in [4.69, 9.17) is 4.74 Å². The number of Topliss-reactive ketones (excluding diaryl/α,β-unsaturated/α-hetero) is 1. The molecule has 0 radical (unpaired) electrons. The summed E-state index contributed by atoms with van der Waals surface area (Å²) >= 11 is 0. The van der Waals surface area contributed by atoms with Crippen LogP contribution in [-0.2, 0) is 20.9 Å². The van der Waals surface area contributed by atoms with E-state index in [9.17, 15) is 14.4 Å². The van der Waals surface area contributed by atoms with E-state index in [-0.39, 0.29) is 18.3 Å². The first-order valence-corrected chi connectivity index (χ1v) is 8.48. The second kappa shape index (κ2) is 11.9. The van der Waals surface area contributed by atoms with E-state index < -0.39 is 12.1 Å². The molecule has 25 heavy (non-hydrogen) atoms. The van der Waals surface area contributed by atoms with Gasteiger partial charge < -0.3 is 14.8 Å². The van der Waals surface area contributed by atoms with E-state index >= 15 is 0 Å².